The number of anilines is 2. The first-order valence-corrected chi connectivity index (χ1v) is 6.17. The van der Waals surface area contributed by atoms with Gasteiger partial charge < -0.3 is 10.1 Å². The van der Waals surface area contributed by atoms with E-state index in [2.05, 4.69) is 5.32 Å². The lowest BCUT2D eigenvalue weighted by molar-refractivity contribution is 0.102. The van der Waals surface area contributed by atoms with Gasteiger partial charge in [-0.1, -0.05) is 11.6 Å². The zero-order chi connectivity index (χ0) is 14.5. The largest absolute Gasteiger partial charge is 0.497 e. The van der Waals surface area contributed by atoms with Gasteiger partial charge in [0.2, 0.25) is 0 Å². The number of hydrogen-bond acceptors (Lipinski definition) is 4. The third-order valence-electron chi connectivity index (χ3n) is 2.69. The summed E-state index contributed by atoms with van der Waals surface area (Å²) < 4.78 is 5.03. The minimum Gasteiger partial charge on any atom is -0.497 e. The fraction of sp³-hybridized carbons (Fsp3) is 0.0714. The molecule has 20 heavy (non-hydrogen) atoms. The number of benzene rings is 2. The number of halogens is 1. The maximum atomic E-state index is 12.1. The van der Waals surface area contributed by atoms with Crippen molar-refractivity contribution >= 4 is 28.9 Å². The van der Waals surface area contributed by atoms with Crippen molar-refractivity contribution in [2.45, 2.75) is 0 Å². The topological polar surface area (TPSA) is 70.6 Å². The first kappa shape index (κ1) is 14.2. The van der Waals surface area contributed by atoms with Crippen molar-refractivity contribution in [3.05, 3.63) is 53.1 Å². The third-order valence-corrected chi connectivity index (χ3v) is 2.95. The zero-order valence-electron chi connectivity index (χ0n) is 10.7. The van der Waals surface area contributed by atoms with Crippen molar-refractivity contribution in [1.82, 2.24) is 0 Å². The Labute approximate surface area is 121 Å². The van der Waals surface area contributed by atoms with Gasteiger partial charge in [-0.3, -0.25) is 15.5 Å². The number of rotatable bonds is 4. The maximum absolute atomic E-state index is 12.1. The highest BCUT2D eigenvalue weighted by Gasteiger charge is 2.12. The molecular weight excluding hydrogens is 280 g/mol. The molecule has 104 valence electrons. The van der Waals surface area contributed by atoms with Crippen LogP contribution in [0.5, 0.6) is 5.75 Å². The molecule has 0 bridgehead atoms. The van der Waals surface area contributed by atoms with Crippen LogP contribution in [0.4, 0.5) is 11.4 Å². The van der Waals surface area contributed by atoms with Crippen molar-refractivity contribution < 1.29 is 14.7 Å². The summed E-state index contributed by atoms with van der Waals surface area (Å²) in [4.78, 5) is 12.1. The molecule has 0 radical (unpaired) electrons. The van der Waals surface area contributed by atoms with Crippen molar-refractivity contribution in [3.8, 4) is 5.75 Å². The first-order valence-electron chi connectivity index (χ1n) is 5.79. The van der Waals surface area contributed by atoms with Gasteiger partial charge in [0.1, 0.15) is 5.75 Å². The molecule has 0 aliphatic heterocycles. The molecule has 0 unspecified atom stereocenters. The Morgan fingerprint density at radius 2 is 1.90 bits per heavy atom. The molecule has 3 N–H and O–H groups in total. The molecule has 2 rings (SSSR count). The van der Waals surface area contributed by atoms with E-state index in [0.717, 1.165) is 0 Å². The average Bonchev–Trinajstić information content (AvgIpc) is 2.48. The number of methoxy groups -OCH3 is 1. The van der Waals surface area contributed by atoms with E-state index in [0.29, 0.717) is 22.0 Å². The average molecular weight is 293 g/mol. The Morgan fingerprint density at radius 1 is 1.20 bits per heavy atom. The molecule has 0 saturated heterocycles. The highest BCUT2D eigenvalue weighted by Crippen LogP contribution is 2.23. The molecule has 0 spiro atoms. The van der Waals surface area contributed by atoms with E-state index in [1.165, 1.54) is 13.2 Å². The van der Waals surface area contributed by atoms with Crippen LogP contribution in [-0.2, 0) is 0 Å². The van der Waals surface area contributed by atoms with Crippen LogP contribution >= 0.6 is 11.6 Å². The van der Waals surface area contributed by atoms with E-state index >= 15 is 0 Å². The highest BCUT2D eigenvalue weighted by atomic mass is 35.5. The Balaban J connectivity index is 2.22. The number of amides is 1. The lowest BCUT2D eigenvalue weighted by atomic mass is 10.1. The van der Waals surface area contributed by atoms with Crippen LogP contribution < -0.4 is 15.5 Å². The van der Waals surface area contributed by atoms with E-state index < -0.39 is 0 Å². The Bertz CT molecular complexity index is 614. The van der Waals surface area contributed by atoms with Gasteiger partial charge in [-0.15, -0.1) is 0 Å². The standard InChI is InChI=1S/C14H13ClN2O3/c1-20-11-6-7-12(13(8-11)17-19)14(18)16-10-4-2-9(15)3-5-10/h2-8,17,19H,1H3,(H,16,18). The van der Waals surface area contributed by atoms with E-state index in [9.17, 15) is 4.79 Å². The molecule has 0 atom stereocenters. The summed E-state index contributed by atoms with van der Waals surface area (Å²) in [5.74, 6) is 0.177. The fourth-order valence-corrected chi connectivity index (χ4v) is 1.80. The summed E-state index contributed by atoms with van der Waals surface area (Å²) in [6.07, 6.45) is 0. The zero-order valence-corrected chi connectivity index (χ0v) is 11.4. The van der Waals surface area contributed by atoms with Crippen molar-refractivity contribution in [2.24, 2.45) is 0 Å². The summed E-state index contributed by atoms with van der Waals surface area (Å²) in [5.41, 5.74) is 3.15. The number of carbonyl (C=O) groups is 1. The lowest BCUT2D eigenvalue weighted by Gasteiger charge is -2.10. The first-order chi connectivity index (χ1) is 9.63. The van der Waals surface area contributed by atoms with E-state index in [1.807, 2.05) is 5.48 Å². The minimum absolute atomic E-state index is 0.260. The Kier molecular flexibility index (Phi) is 4.45. The molecule has 2 aromatic carbocycles. The van der Waals surface area contributed by atoms with Gasteiger partial charge in [0.05, 0.1) is 18.4 Å². The van der Waals surface area contributed by atoms with Crippen LogP contribution in [0.15, 0.2) is 42.5 Å². The van der Waals surface area contributed by atoms with Gasteiger partial charge >= 0.3 is 0 Å². The molecule has 0 aromatic heterocycles. The molecule has 0 aliphatic rings. The molecule has 0 fully saturated rings. The highest BCUT2D eigenvalue weighted by molar-refractivity contribution is 6.30. The van der Waals surface area contributed by atoms with Crippen LogP contribution in [0.3, 0.4) is 0 Å². The van der Waals surface area contributed by atoms with E-state index in [4.69, 9.17) is 21.5 Å². The van der Waals surface area contributed by atoms with E-state index in [1.54, 1.807) is 36.4 Å². The second-order valence-electron chi connectivity index (χ2n) is 3.98. The summed E-state index contributed by atoms with van der Waals surface area (Å²) in [7, 11) is 1.50. The predicted octanol–water partition coefficient (Wildman–Crippen LogP) is 3.40. The number of carbonyl (C=O) groups excluding carboxylic acids is 1. The number of nitrogens with one attached hydrogen (secondary N) is 2. The lowest BCUT2D eigenvalue weighted by Crippen LogP contribution is -2.14. The summed E-state index contributed by atoms with van der Waals surface area (Å²) >= 11 is 5.78. The van der Waals surface area contributed by atoms with E-state index in [-0.39, 0.29) is 11.6 Å². The molecule has 0 heterocycles. The molecule has 0 aliphatic carbocycles. The van der Waals surface area contributed by atoms with Gasteiger partial charge in [0.25, 0.3) is 5.91 Å². The fourth-order valence-electron chi connectivity index (χ4n) is 1.67. The molecular formula is C14H13ClN2O3. The normalized spacial score (nSPS) is 9.95. The van der Waals surface area contributed by atoms with Gasteiger partial charge in [-0.25, -0.2) is 0 Å². The van der Waals surface area contributed by atoms with Crippen molar-refractivity contribution in [1.29, 1.82) is 0 Å². The third kappa shape index (κ3) is 3.20. The smallest absolute Gasteiger partial charge is 0.257 e. The van der Waals surface area contributed by atoms with Crippen LogP contribution in [0.25, 0.3) is 0 Å². The monoisotopic (exact) mass is 292 g/mol. The van der Waals surface area contributed by atoms with Crippen LogP contribution in [-0.4, -0.2) is 18.2 Å². The quantitative estimate of drug-likeness (QED) is 0.755. The van der Waals surface area contributed by atoms with Crippen LogP contribution in [0.1, 0.15) is 10.4 Å². The SMILES string of the molecule is COc1ccc(C(=O)Nc2ccc(Cl)cc2)c(NO)c1. The predicted molar refractivity (Wildman–Crippen MR) is 77.8 cm³/mol. The van der Waals surface area contributed by atoms with Crippen LogP contribution in [0, 0.1) is 0 Å². The van der Waals surface area contributed by atoms with Gasteiger partial charge in [0.15, 0.2) is 0 Å². The summed E-state index contributed by atoms with van der Waals surface area (Å²) in [6, 6.07) is 11.5. The second kappa shape index (κ2) is 6.27. The van der Waals surface area contributed by atoms with Crippen molar-refractivity contribution in [3.63, 3.8) is 0 Å². The molecule has 0 saturated carbocycles. The molecule has 6 heteroatoms. The molecule has 2 aromatic rings. The second-order valence-corrected chi connectivity index (χ2v) is 4.42. The van der Waals surface area contributed by atoms with Gasteiger partial charge in [-0.05, 0) is 36.4 Å². The molecule has 1 amide bonds. The van der Waals surface area contributed by atoms with Crippen molar-refractivity contribution in [2.75, 3.05) is 17.9 Å². The summed E-state index contributed by atoms with van der Waals surface area (Å²) in [6.45, 7) is 0. The Morgan fingerprint density at radius 3 is 2.50 bits per heavy atom. The summed E-state index contributed by atoms with van der Waals surface area (Å²) in [5, 5.41) is 12.4. The van der Waals surface area contributed by atoms with Crippen LogP contribution in [0.2, 0.25) is 5.02 Å². The number of hydrogen-bond donors (Lipinski definition) is 3. The molecule has 5 nitrogen and oxygen atoms in total. The van der Waals surface area contributed by atoms with Gasteiger partial charge in [-0.2, -0.15) is 0 Å². The minimum atomic E-state index is -0.355. The maximum Gasteiger partial charge on any atom is 0.257 e. The number of ether oxygens (including phenoxy) is 1. The Hall–Kier alpha value is -2.24. The van der Waals surface area contributed by atoms with Gasteiger partial charge in [0, 0.05) is 16.8 Å².